The zero-order valence-electron chi connectivity index (χ0n) is 8.20. The van der Waals surface area contributed by atoms with Gasteiger partial charge in [0.1, 0.15) is 5.75 Å². The standard InChI is InChI=1S/C11H12O3/c1-3-9(12)11(14)8-5-4-7(2)6-10(8)13/h4-6,13H,3H2,1-2H3. The van der Waals surface area contributed by atoms with Gasteiger partial charge in [-0.3, -0.25) is 9.59 Å². The predicted molar refractivity (Wildman–Crippen MR) is 52.5 cm³/mol. The van der Waals surface area contributed by atoms with Gasteiger partial charge in [0.2, 0.25) is 11.6 Å². The highest BCUT2D eigenvalue weighted by Crippen LogP contribution is 2.19. The molecule has 0 aliphatic heterocycles. The Labute approximate surface area is 82.4 Å². The SMILES string of the molecule is CCC(=O)C(=O)c1ccc(C)cc1O. The van der Waals surface area contributed by atoms with Gasteiger partial charge in [0, 0.05) is 6.42 Å². The smallest absolute Gasteiger partial charge is 0.232 e. The van der Waals surface area contributed by atoms with Crippen molar-refractivity contribution in [3.05, 3.63) is 29.3 Å². The van der Waals surface area contributed by atoms with E-state index in [2.05, 4.69) is 0 Å². The van der Waals surface area contributed by atoms with Crippen LogP contribution in [-0.2, 0) is 4.79 Å². The van der Waals surface area contributed by atoms with E-state index in [-0.39, 0.29) is 17.7 Å². The highest BCUT2D eigenvalue weighted by atomic mass is 16.3. The summed E-state index contributed by atoms with van der Waals surface area (Å²) < 4.78 is 0. The Morgan fingerprint density at radius 1 is 1.36 bits per heavy atom. The van der Waals surface area contributed by atoms with E-state index in [1.54, 1.807) is 19.9 Å². The Bertz CT molecular complexity index is 380. The maximum absolute atomic E-state index is 11.4. The normalized spacial score (nSPS) is 9.86. The fourth-order valence-electron chi connectivity index (χ4n) is 1.14. The third-order valence-corrected chi connectivity index (χ3v) is 1.97. The van der Waals surface area contributed by atoms with Gasteiger partial charge in [0.15, 0.2) is 0 Å². The van der Waals surface area contributed by atoms with E-state index in [1.807, 2.05) is 0 Å². The molecule has 1 N–H and O–H groups in total. The highest BCUT2D eigenvalue weighted by Gasteiger charge is 2.17. The fourth-order valence-corrected chi connectivity index (χ4v) is 1.14. The quantitative estimate of drug-likeness (QED) is 0.587. The van der Waals surface area contributed by atoms with Gasteiger partial charge in [-0.25, -0.2) is 0 Å². The van der Waals surface area contributed by atoms with E-state index in [4.69, 9.17) is 0 Å². The van der Waals surface area contributed by atoms with Gasteiger partial charge in [0.05, 0.1) is 5.56 Å². The second-order valence-electron chi connectivity index (χ2n) is 3.13. The molecule has 0 atom stereocenters. The molecule has 0 aliphatic rings. The van der Waals surface area contributed by atoms with Crippen molar-refractivity contribution >= 4 is 11.6 Å². The first kappa shape index (κ1) is 10.4. The van der Waals surface area contributed by atoms with E-state index in [9.17, 15) is 14.7 Å². The Balaban J connectivity index is 3.08. The van der Waals surface area contributed by atoms with Crippen molar-refractivity contribution in [2.45, 2.75) is 20.3 Å². The molecule has 0 spiro atoms. The monoisotopic (exact) mass is 192 g/mol. The molecule has 0 amide bonds. The van der Waals surface area contributed by atoms with Gasteiger partial charge in [-0.1, -0.05) is 13.0 Å². The number of phenolic OH excluding ortho intramolecular Hbond substituents is 1. The lowest BCUT2D eigenvalue weighted by Gasteiger charge is -2.02. The average molecular weight is 192 g/mol. The molecule has 1 aromatic rings. The Morgan fingerprint density at radius 3 is 2.50 bits per heavy atom. The van der Waals surface area contributed by atoms with Crippen molar-refractivity contribution < 1.29 is 14.7 Å². The summed E-state index contributed by atoms with van der Waals surface area (Å²) in [5.41, 5.74) is 0.936. The molecule has 0 saturated carbocycles. The second-order valence-corrected chi connectivity index (χ2v) is 3.13. The fraction of sp³-hybridized carbons (Fsp3) is 0.273. The number of hydrogen-bond donors (Lipinski definition) is 1. The van der Waals surface area contributed by atoms with Crippen molar-refractivity contribution in [2.24, 2.45) is 0 Å². The lowest BCUT2D eigenvalue weighted by Crippen LogP contribution is -2.12. The number of hydrogen-bond acceptors (Lipinski definition) is 3. The lowest BCUT2D eigenvalue weighted by molar-refractivity contribution is -0.114. The van der Waals surface area contributed by atoms with E-state index in [1.165, 1.54) is 12.1 Å². The molecular formula is C11H12O3. The van der Waals surface area contributed by atoms with Crippen molar-refractivity contribution in [1.82, 2.24) is 0 Å². The first-order valence-electron chi connectivity index (χ1n) is 4.43. The molecule has 0 bridgehead atoms. The van der Waals surface area contributed by atoms with E-state index in [0.29, 0.717) is 0 Å². The highest BCUT2D eigenvalue weighted by molar-refractivity contribution is 6.44. The molecule has 3 nitrogen and oxygen atoms in total. The van der Waals surface area contributed by atoms with Crippen LogP contribution in [0.15, 0.2) is 18.2 Å². The Hall–Kier alpha value is -1.64. The van der Waals surface area contributed by atoms with Crippen molar-refractivity contribution in [2.75, 3.05) is 0 Å². The summed E-state index contributed by atoms with van der Waals surface area (Å²) in [7, 11) is 0. The summed E-state index contributed by atoms with van der Waals surface area (Å²) in [5.74, 6) is -1.23. The molecule has 0 heterocycles. The summed E-state index contributed by atoms with van der Waals surface area (Å²) in [6, 6.07) is 4.63. The van der Waals surface area contributed by atoms with Gasteiger partial charge in [-0.05, 0) is 24.6 Å². The van der Waals surface area contributed by atoms with Crippen molar-refractivity contribution in [3.63, 3.8) is 0 Å². The third-order valence-electron chi connectivity index (χ3n) is 1.97. The molecule has 0 unspecified atom stereocenters. The molecule has 0 aromatic heterocycles. The maximum Gasteiger partial charge on any atom is 0.232 e. The van der Waals surface area contributed by atoms with E-state index >= 15 is 0 Å². The van der Waals surface area contributed by atoms with Crippen molar-refractivity contribution in [3.8, 4) is 5.75 Å². The summed E-state index contributed by atoms with van der Waals surface area (Å²) >= 11 is 0. The maximum atomic E-state index is 11.4. The summed E-state index contributed by atoms with van der Waals surface area (Å²) in [6.07, 6.45) is 0.159. The minimum atomic E-state index is -0.620. The van der Waals surface area contributed by atoms with E-state index < -0.39 is 11.6 Å². The van der Waals surface area contributed by atoms with Crippen LogP contribution < -0.4 is 0 Å². The first-order valence-corrected chi connectivity index (χ1v) is 4.43. The van der Waals surface area contributed by atoms with Gasteiger partial charge >= 0.3 is 0 Å². The average Bonchev–Trinajstić information content (AvgIpc) is 2.15. The van der Waals surface area contributed by atoms with Gasteiger partial charge in [0.25, 0.3) is 0 Å². The largest absolute Gasteiger partial charge is 0.507 e. The number of benzene rings is 1. The molecule has 74 valence electrons. The molecule has 0 aliphatic carbocycles. The molecule has 0 saturated heterocycles. The molecule has 14 heavy (non-hydrogen) atoms. The molecule has 0 fully saturated rings. The van der Waals surface area contributed by atoms with Crippen LogP contribution in [0.3, 0.4) is 0 Å². The summed E-state index contributed by atoms with van der Waals surface area (Å²) in [4.78, 5) is 22.5. The minimum Gasteiger partial charge on any atom is -0.507 e. The lowest BCUT2D eigenvalue weighted by atomic mass is 10.0. The summed E-state index contributed by atoms with van der Waals surface area (Å²) in [6.45, 7) is 3.42. The zero-order valence-corrected chi connectivity index (χ0v) is 8.20. The number of phenols is 1. The number of aromatic hydroxyl groups is 1. The molecule has 3 heteroatoms. The van der Waals surface area contributed by atoms with Gasteiger partial charge < -0.3 is 5.11 Å². The molecule has 1 rings (SSSR count). The topological polar surface area (TPSA) is 54.4 Å². The van der Waals surface area contributed by atoms with Crippen LogP contribution in [0, 0.1) is 6.92 Å². The Kier molecular flexibility index (Phi) is 3.02. The molecular weight excluding hydrogens is 180 g/mol. The van der Waals surface area contributed by atoms with Crippen LogP contribution in [0.25, 0.3) is 0 Å². The van der Waals surface area contributed by atoms with Crippen LogP contribution in [0.5, 0.6) is 5.75 Å². The number of aryl methyl sites for hydroxylation is 1. The number of Topliss-reactive ketones (excluding diaryl/α,β-unsaturated/α-hetero) is 2. The van der Waals surface area contributed by atoms with Crippen LogP contribution in [0.4, 0.5) is 0 Å². The number of ketones is 2. The van der Waals surface area contributed by atoms with Gasteiger partial charge in [-0.15, -0.1) is 0 Å². The van der Waals surface area contributed by atoms with Gasteiger partial charge in [-0.2, -0.15) is 0 Å². The third kappa shape index (κ3) is 1.99. The zero-order chi connectivity index (χ0) is 10.7. The number of carbonyl (C=O) groups excluding carboxylic acids is 2. The van der Waals surface area contributed by atoms with Crippen LogP contribution in [0.1, 0.15) is 29.3 Å². The predicted octanol–water partition coefficient (Wildman–Crippen LogP) is 1.86. The summed E-state index contributed by atoms with van der Waals surface area (Å²) in [5, 5.41) is 9.43. The molecule has 0 radical (unpaired) electrons. The number of carbonyl (C=O) groups is 2. The van der Waals surface area contributed by atoms with Crippen LogP contribution in [-0.4, -0.2) is 16.7 Å². The van der Waals surface area contributed by atoms with Crippen molar-refractivity contribution in [1.29, 1.82) is 0 Å². The van der Waals surface area contributed by atoms with Crippen LogP contribution >= 0.6 is 0 Å². The number of rotatable bonds is 3. The molecule has 1 aromatic carbocycles. The minimum absolute atomic E-state index is 0.0856. The first-order chi connectivity index (χ1) is 6.56. The van der Waals surface area contributed by atoms with Crippen LogP contribution in [0.2, 0.25) is 0 Å². The van der Waals surface area contributed by atoms with E-state index in [0.717, 1.165) is 5.56 Å². The second kappa shape index (κ2) is 4.05. The Morgan fingerprint density at radius 2 is 2.00 bits per heavy atom.